The zero-order valence-corrected chi connectivity index (χ0v) is 33.2. The Labute approximate surface area is 296 Å². The van der Waals surface area contributed by atoms with Crippen LogP contribution in [0.15, 0.2) is 48.5 Å². The average Bonchev–Trinajstić information content (AvgIpc) is 3.59. The van der Waals surface area contributed by atoms with Crippen molar-refractivity contribution in [3.63, 3.8) is 0 Å². The van der Waals surface area contributed by atoms with Gasteiger partial charge in [0.15, 0.2) is 0 Å². The standard InChI is InChI=1S/C25H25.C13H21.C3H6.2ClH.Zr/c1-14-12-24(3,4)22-8-16-7-17-9-23-19(15(2)13-25(23,5)6)11-21(17)20(16)10-18(14)22;1-5-6-7-11-8-9-12(10-11)13(2,3)4;1-3-2;;;/h8-12H,7H2,1-6H3;8-10H,5-7H2,1-4H3;1-2H3;2*1H;/q2*-1;;;;+2/p-2. The van der Waals surface area contributed by atoms with Crippen molar-refractivity contribution in [1.29, 1.82) is 0 Å². The molecule has 0 aliphatic heterocycles. The number of rotatable bonds is 3. The number of unbranched alkanes of at least 4 members (excludes halogenated alkanes) is 1. The average molecular weight is 707 g/mol. The van der Waals surface area contributed by atoms with E-state index in [1.165, 1.54) is 89.2 Å². The van der Waals surface area contributed by atoms with Crippen LogP contribution in [0.4, 0.5) is 0 Å². The van der Waals surface area contributed by atoms with Gasteiger partial charge in [0.1, 0.15) is 0 Å². The Balaban J connectivity index is 0.000000303. The molecular weight excluding hydrogens is 655 g/mol. The maximum atomic E-state index is 3.65. The zero-order valence-electron chi connectivity index (χ0n) is 29.2. The van der Waals surface area contributed by atoms with Crippen LogP contribution in [0.5, 0.6) is 0 Å². The Morgan fingerprint density at radius 3 is 1.93 bits per heavy atom. The number of hydrogen-bond acceptors (Lipinski definition) is 0. The Kier molecular flexibility index (Phi) is 12.8. The monoisotopic (exact) mass is 704 g/mol. The van der Waals surface area contributed by atoms with E-state index in [0.29, 0.717) is 5.41 Å². The summed E-state index contributed by atoms with van der Waals surface area (Å²) in [5.74, 6) is 0. The maximum absolute atomic E-state index is 3.65. The Hall–Kier alpha value is -1.40. The molecule has 0 spiro atoms. The molecule has 0 amide bonds. The third kappa shape index (κ3) is 8.30. The van der Waals surface area contributed by atoms with E-state index in [0.717, 1.165) is 6.42 Å². The van der Waals surface area contributed by atoms with Crippen LogP contribution in [0.3, 0.4) is 0 Å². The minimum atomic E-state index is 0. The van der Waals surface area contributed by atoms with Crippen LogP contribution in [0.2, 0.25) is 0 Å². The number of allylic oxidation sites excluding steroid dienone is 4. The van der Waals surface area contributed by atoms with Crippen molar-refractivity contribution in [3.8, 4) is 11.1 Å². The number of fused-ring (bicyclic) bond motifs is 5. The number of benzene rings is 2. The van der Waals surface area contributed by atoms with Crippen LogP contribution in [-0.2, 0) is 53.3 Å². The first-order valence-electron chi connectivity index (χ1n) is 15.9. The first-order chi connectivity index (χ1) is 19.4. The summed E-state index contributed by atoms with van der Waals surface area (Å²) in [6.07, 6.45) is 11.0. The minimum Gasteiger partial charge on any atom is -1.00 e. The summed E-state index contributed by atoms with van der Waals surface area (Å²) >= 11 is 1.55. The molecule has 6 rings (SSSR count). The molecule has 0 N–H and O–H groups in total. The SMILES string of the molecule is CC1=[C-]C(C)(C)c2cc3c(cc21)-c1cc2c(cc1C3)C(C)(C)C=C2C.CCCCc1cc(C(C)(C)C)c[cH-]1.C[C](C)=[Zr+2].[Cl-].[Cl-]. The van der Waals surface area contributed by atoms with Crippen LogP contribution in [0, 0.1) is 6.08 Å². The maximum Gasteiger partial charge on any atom is -1.00 e. The fraction of sp³-hybridized carbons (Fsp3) is 0.463. The van der Waals surface area contributed by atoms with Gasteiger partial charge in [-0.2, -0.15) is 28.8 Å². The molecule has 0 atom stereocenters. The molecule has 0 aromatic heterocycles. The normalized spacial score (nSPS) is 15.9. The summed E-state index contributed by atoms with van der Waals surface area (Å²) in [5, 5.41) is 0. The quantitative estimate of drug-likeness (QED) is 0.256. The van der Waals surface area contributed by atoms with Crippen LogP contribution >= 0.6 is 0 Å². The molecule has 0 nitrogen and oxygen atoms in total. The molecule has 3 heteroatoms. The second-order valence-corrected chi connectivity index (χ2v) is 17.5. The van der Waals surface area contributed by atoms with Gasteiger partial charge in [0.05, 0.1) is 0 Å². The summed E-state index contributed by atoms with van der Waals surface area (Å²) in [4.78, 5) is 0. The predicted molar refractivity (Wildman–Crippen MR) is 182 cm³/mol. The van der Waals surface area contributed by atoms with Gasteiger partial charge in [-0.15, -0.1) is 11.6 Å². The first kappa shape index (κ1) is 38.8. The van der Waals surface area contributed by atoms with Gasteiger partial charge in [-0.05, 0) is 58.4 Å². The zero-order chi connectivity index (χ0) is 31.2. The molecule has 0 bridgehead atoms. The molecule has 0 saturated heterocycles. The van der Waals surface area contributed by atoms with Crippen molar-refractivity contribution in [2.75, 3.05) is 0 Å². The third-order valence-electron chi connectivity index (χ3n) is 8.93. The smallest absolute Gasteiger partial charge is 1.00 e. The molecule has 0 heterocycles. The molecule has 3 aromatic rings. The van der Waals surface area contributed by atoms with Crippen molar-refractivity contribution < 1.29 is 49.0 Å². The van der Waals surface area contributed by atoms with Crippen LogP contribution in [0.25, 0.3) is 22.3 Å². The van der Waals surface area contributed by atoms with Gasteiger partial charge in [-0.3, -0.25) is 6.08 Å². The second-order valence-electron chi connectivity index (χ2n) is 15.1. The summed E-state index contributed by atoms with van der Waals surface area (Å²) in [7, 11) is 0. The summed E-state index contributed by atoms with van der Waals surface area (Å²) in [6, 6.07) is 16.7. The van der Waals surface area contributed by atoms with E-state index >= 15 is 0 Å². The fourth-order valence-electron chi connectivity index (χ4n) is 6.77. The van der Waals surface area contributed by atoms with Crippen molar-refractivity contribution in [2.24, 2.45) is 0 Å². The molecule has 3 aliphatic carbocycles. The van der Waals surface area contributed by atoms with E-state index in [2.05, 4.69) is 138 Å². The van der Waals surface area contributed by atoms with E-state index in [1.807, 2.05) is 0 Å². The van der Waals surface area contributed by atoms with Crippen molar-refractivity contribution >= 4 is 14.4 Å². The molecule has 3 aromatic carbocycles. The molecule has 3 aliphatic rings. The van der Waals surface area contributed by atoms with Crippen molar-refractivity contribution in [1.82, 2.24) is 0 Å². The van der Waals surface area contributed by atoms with Gasteiger partial charge in [-0.1, -0.05) is 111 Å². The fourth-order valence-corrected chi connectivity index (χ4v) is 6.77. The summed E-state index contributed by atoms with van der Waals surface area (Å²) in [6.45, 7) is 27.0. The molecular formula is C41H52Cl2Zr-2. The molecule has 236 valence electrons. The van der Waals surface area contributed by atoms with Gasteiger partial charge in [-0.25, -0.2) is 11.6 Å². The molecule has 0 fully saturated rings. The van der Waals surface area contributed by atoms with Gasteiger partial charge in [0.25, 0.3) is 0 Å². The van der Waals surface area contributed by atoms with Crippen LogP contribution in [-0.4, -0.2) is 3.21 Å². The van der Waals surface area contributed by atoms with E-state index in [4.69, 9.17) is 0 Å². The molecule has 0 saturated carbocycles. The van der Waals surface area contributed by atoms with E-state index in [1.54, 1.807) is 24.2 Å². The predicted octanol–water partition coefficient (Wildman–Crippen LogP) is 5.25. The Bertz CT molecular complexity index is 1480. The van der Waals surface area contributed by atoms with E-state index in [9.17, 15) is 0 Å². The van der Waals surface area contributed by atoms with Crippen LogP contribution < -0.4 is 24.8 Å². The summed E-state index contributed by atoms with van der Waals surface area (Å²) in [5.41, 5.74) is 17.8. The number of aryl methyl sites for hydroxylation is 1. The number of halogens is 2. The Morgan fingerprint density at radius 1 is 0.864 bits per heavy atom. The first-order valence-corrected chi connectivity index (χ1v) is 17.1. The second kappa shape index (κ2) is 14.6. The molecule has 0 radical (unpaired) electrons. The Morgan fingerprint density at radius 2 is 1.41 bits per heavy atom. The van der Waals surface area contributed by atoms with Crippen molar-refractivity contribution in [3.05, 3.63) is 99.1 Å². The van der Waals surface area contributed by atoms with Crippen molar-refractivity contribution in [2.45, 2.75) is 125 Å². The number of hydrogen-bond donors (Lipinski definition) is 0. The van der Waals surface area contributed by atoms with Gasteiger partial charge >= 0.3 is 41.3 Å². The topological polar surface area (TPSA) is 0 Å². The van der Waals surface area contributed by atoms with Gasteiger partial charge < -0.3 is 24.8 Å². The third-order valence-corrected chi connectivity index (χ3v) is 8.93. The van der Waals surface area contributed by atoms with E-state index in [-0.39, 0.29) is 35.6 Å². The van der Waals surface area contributed by atoms with Gasteiger partial charge in [0.2, 0.25) is 0 Å². The van der Waals surface area contributed by atoms with Crippen LogP contribution in [0.1, 0.15) is 140 Å². The van der Waals surface area contributed by atoms with Gasteiger partial charge in [0, 0.05) is 5.41 Å². The largest absolute Gasteiger partial charge is 1.00 e. The minimum absolute atomic E-state index is 0. The summed E-state index contributed by atoms with van der Waals surface area (Å²) < 4.78 is 1.51. The molecule has 0 unspecified atom stereocenters. The molecule has 44 heavy (non-hydrogen) atoms. The van der Waals surface area contributed by atoms with E-state index < -0.39 is 0 Å².